The van der Waals surface area contributed by atoms with E-state index in [0.29, 0.717) is 11.4 Å². The summed E-state index contributed by atoms with van der Waals surface area (Å²) < 4.78 is 4.86. The molecular weight excluding hydrogens is 320 g/mol. The minimum absolute atomic E-state index is 0.00693. The lowest BCUT2D eigenvalue weighted by molar-refractivity contribution is -0.147. The van der Waals surface area contributed by atoms with Crippen molar-refractivity contribution in [1.29, 1.82) is 0 Å². The lowest BCUT2D eigenvalue weighted by atomic mass is 10.2. The van der Waals surface area contributed by atoms with E-state index in [1.54, 1.807) is 36.4 Å². The van der Waals surface area contributed by atoms with Crippen LogP contribution in [0.5, 0.6) is 0 Å². The number of nitrogens with one attached hydrogen (secondary N) is 2. The number of rotatable bonds is 7. The molecule has 2 aromatic carbocycles. The van der Waals surface area contributed by atoms with E-state index in [0.717, 1.165) is 5.56 Å². The quantitative estimate of drug-likeness (QED) is 0.759. The first-order chi connectivity index (χ1) is 12.0. The van der Waals surface area contributed by atoms with E-state index in [1.165, 1.54) is 0 Å². The van der Waals surface area contributed by atoms with Gasteiger partial charge >= 0.3 is 5.97 Å². The Kier molecular flexibility index (Phi) is 6.71. The van der Waals surface area contributed by atoms with Crippen molar-refractivity contribution in [1.82, 2.24) is 0 Å². The number of ether oxygens (including phenoxy) is 1. The first-order valence-corrected chi connectivity index (χ1v) is 7.90. The molecule has 0 fully saturated rings. The zero-order valence-electron chi connectivity index (χ0n) is 14.0. The molecule has 0 aliphatic rings. The Balaban J connectivity index is 1.65. The Morgan fingerprint density at radius 2 is 1.40 bits per heavy atom. The van der Waals surface area contributed by atoms with Gasteiger partial charge in [-0.2, -0.15) is 0 Å². The normalized spacial score (nSPS) is 9.96. The Bertz CT molecular complexity index is 727. The zero-order chi connectivity index (χ0) is 18.1. The molecule has 2 N–H and O–H groups in total. The van der Waals surface area contributed by atoms with Crippen LogP contribution in [0.2, 0.25) is 0 Å². The van der Waals surface area contributed by atoms with Crippen LogP contribution in [0.4, 0.5) is 11.4 Å². The van der Waals surface area contributed by atoms with Crippen LogP contribution in [0.15, 0.2) is 54.6 Å². The fourth-order valence-electron chi connectivity index (χ4n) is 2.01. The van der Waals surface area contributed by atoms with Crippen molar-refractivity contribution in [2.24, 2.45) is 0 Å². The van der Waals surface area contributed by atoms with Gasteiger partial charge in [0.2, 0.25) is 5.91 Å². The van der Waals surface area contributed by atoms with Crippen LogP contribution < -0.4 is 10.6 Å². The van der Waals surface area contributed by atoms with Gasteiger partial charge in [-0.3, -0.25) is 14.4 Å². The predicted octanol–water partition coefficient (Wildman–Crippen LogP) is 2.90. The van der Waals surface area contributed by atoms with E-state index < -0.39 is 11.9 Å². The number of anilines is 2. The molecule has 0 heterocycles. The number of aryl methyl sites for hydroxylation is 1. The minimum atomic E-state index is -0.595. The van der Waals surface area contributed by atoms with Gasteiger partial charge in [0, 0.05) is 17.8 Å². The van der Waals surface area contributed by atoms with Crippen molar-refractivity contribution >= 4 is 29.2 Å². The van der Waals surface area contributed by atoms with Crippen molar-refractivity contribution in [3.05, 3.63) is 60.2 Å². The second kappa shape index (κ2) is 9.22. The average Bonchev–Trinajstić information content (AvgIpc) is 2.61. The van der Waals surface area contributed by atoms with Crippen LogP contribution >= 0.6 is 0 Å². The maximum Gasteiger partial charge on any atom is 0.306 e. The summed E-state index contributed by atoms with van der Waals surface area (Å²) in [6.07, 6.45) is -0.0939. The first kappa shape index (κ1) is 18.2. The van der Waals surface area contributed by atoms with Crippen molar-refractivity contribution < 1.29 is 19.1 Å². The van der Waals surface area contributed by atoms with E-state index in [1.807, 2.05) is 25.1 Å². The molecule has 130 valence electrons. The van der Waals surface area contributed by atoms with Crippen molar-refractivity contribution in [3.8, 4) is 0 Å². The minimum Gasteiger partial charge on any atom is -0.456 e. The molecule has 0 aliphatic heterocycles. The molecule has 0 saturated carbocycles. The highest BCUT2D eigenvalue weighted by molar-refractivity contribution is 5.94. The predicted molar refractivity (Wildman–Crippen MR) is 95.1 cm³/mol. The first-order valence-electron chi connectivity index (χ1n) is 7.90. The number of para-hydroxylation sites is 1. The number of carbonyl (C=O) groups excluding carboxylic acids is 3. The third-order valence-electron chi connectivity index (χ3n) is 3.31. The van der Waals surface area contributed by atoms with E-state index in [2.05, 4.69) is 10.6 Å². The molecule has 6 nitrogen and oxygen atoms in total. The molecule has 2 aromatic rings. The monoisotopic (exact) mass is 340 g/mol. The summed E-state index contributed by atoms with van der Waals surface area (Å²) in [4.78, 5) is 35.1. The maximum absolute atomic E-state index is 11.8. The smallest absolute Gasteiger partial charge is 0.306 e. The lowest BCUT2D eigenvalue weighted by Crippen LogP contribution is -2.21. The van der Waals surface area contributed by atoms with E-state index in [9.17, 15) is 14.4 Å². The van der Waals surface area contributed by atoms with Gasteiger partial charge in [0.1, 0.15) is 0 Å². The molecule has 0 aromatic heterocycles. The molecule has 0 bridgehead atoms. The number of esters is 1. The van der Waals surface area contributed by atoms with Gasteiger partial charge in [-0.25, -0.2) is 0 Å². The lowest BCUT2D eigenvalue weighted by Gasteiger charge is -2.07. The summed E-state index contributed by atoms with van der Waals surface area (Å²) in [5.74, 6) is -1.31. The third kappa shape index (κ3) is 6.87. The molecule has 0 atom stereocenters. The van der Waals surface area contributed by atoms with Gasteiger partial charge in [-0.15, -0.1) is 0 Å². The van der Waals surface area contributed by atoms with Gasteiger partial charge < -0.3 is 15.4 Å². The molecular formula is C19H20N2O4. The van der Waals surface area contributed by atoms with Crippen LogP contribution in [-0.2, 0) is 19.1 Å². The number of hydrogen-bond donors (Lipinski definition) is 2. The van der Waals surface area contributed by atoms with Crippen LogP contribution in [0, 0.1) is 6.92 Å². The van der Waals surface area contributed by atoms with Gasteiger partial charge in [0.15, 0.2) is 6.61 Å². The van der Waals surface area contributed by atoms with Gasteiger partial charge in [-0.05, 0) is 31.2 Å². The van der Waals surface area contributed by atoms with Crippen LogP contribution in [-0.4, -0.2) is 24.4 Å². The summed E-state index contributed by atoms with van der Waals surface area (Å²) in [6, 6.07) is 16.2. The summed E-state index contributed by atoms with van der Waals surface area (Å²) in [5.41, 5.74) is 2.39. The van der Waals surface area contributed by atoms with Crippen LogP contribution in [0.1, 0.15) is 18.4 Å². The molecule has 0 radical (unpaired) electrons. The number of amides is 2. The third-order valence-corrected chi connectivity index (χ3v) is 3.31. The Labute approximate surface area is 146 Å². The topological polar surface area (TPSA) is 84.5 Å². The molecule has 0 aliphatic carbocycles. The SMILES string of the molecule is Cc1ccc(NC(=O)CCC(=O)OCC(=O)Nc2ccccc2)cc1. The van der Waals surface area contributed by atoms with E-state index in [4.69, 9.17) is 4.74 Å². The number of benzene rings is 2. The molecule has 0 spiro atoms. The molecule has 0 saturated heterocycles. The Morgan fingerprint density at radius 3 is 2.08 bits per heavy atom. The molecule has 25 heavy (non-hydrogen) atoms. The van der Waals surface area contributed by atoms with Crippen LogP contribution in [0.3, 0.4) is 0 Å². The second-order valence-corrected chi connectivity index (χ2v) is 5.49. The Hall–Kier alpha value is -3.15. The highest BCUT2D eigenvalue weighted by Crippen LogP contribution is 2.09. The number of carbonyl (C=O) groups is 3. The average molecular weight is 340 g/mol. The molecule has 6 heteroatoms. The van der Waals surface area contributed by atoms with Gasteiger partial charge in [0.05, 0.1) is 6.42 Å². The molecule has 0 unspecified atom stereocenters. The van der Waals surface area contributed by atoms with E-state index in [-0.39, 0.29) is 25.4 Å². The summed E-state index contributed by atoms with van der Waals surface area (Å²) in [6.45, 7) is 1.57. The van der Waals surface area contributed by atoms with Crippen molar-refractivity contribution in [3.63, 3.8) is 0 Å². The maximum atomic E-state index is 11.8. The summed E-state index contributed by atoms with van der Waals surface area (Å²) >= 11 is 0. The van der Waals surface area contributed by atoms with Gasteiger partial charge in [0.25, 0.3) is 5.91 Å². The van der Waals surface area contributed by atoms with Crippen LogP contribution in [0.25, 0.3) is 0 Å². The molecule has 2 rings (SSSR count). The highest BCUT2D eigenvalue weighted by Gasteiger charge is 2.11. The fourth-order valence-corrected chi connectivity index (χ4v) is 2.01. The zero-order valence-corrected chi connectivity index (χ0v) is 14.0. The summed E-state index contributed by atoms with van der Waals surface area (Å²) in [5, 5.41) is 5.30. The number of hydrogen-bond acceptors (Lipinski definition) is 4. The highest BCUT2D eigenvalue weighted by atomic mass is 16.5. The van der Waals surface area contributed by atoms with Crippen molar-refractivity contribution in [2.75, 3.05) is 17.2 Å². The largest absolute Gasteiger partial charge is 0.456 e. The van der Waals surface area contributed by atoms with E-state index >= 15 is 0 Å². The standard InChI is InChI=1S/C19H20N2O4/c1-14-7-9-16(10-8-14)20-17(22)11-12-19(24)25-13-18(23)21-15-5-3-2-4-6-15/h2-10H,11-13H2,1H3,(H,20,22)(H,21,23). The second-order valence-electron chi connectivity index (χ2n) is 5.49. The fraction of sp³-hybridized carbons (Fsp3) is 0.211. The Morgan fingerprint density at radius 1 is 0.800 bits per heavy atom. The van der Waals surface area contributed by atoms with Crippen molar-refractivity contribution in [2.45, 2.75) is 19.8 Å². The molecule has 2 amide bonds. The van der Waals surface area contributed by atoms with Gasteiger partial charge in [-0.1, -0.05) is 35.9 Å². The summed E-state index contributed by atoms with van der Waals surface area (Å²) in [7, 11) is 0.